The van der Waals surface area contributed by atoms with Crippen molar-refractivity contribution in [3.05, 3.63) is 16.4 Å². The first-order valence-corrected chi connectivity index (χ1v) is 7.11. The van der Waals surface area contributed by atoms with Crippen molar-refractivity contribution in [3.63, 3.8) is 0 Å². The largest absolute Gasteiger partial charge is 0.377 e. The van der Waals surface area contributed by atoms with E-state index >= 15 is 0 Å². The van der Waals surface area contributed by atoms with Gasteiger partial charge in [-0.25, -0.2) is 0 Å². The van der Waals surface area contributed by atoms with Crippen LogP contribution in [0.5, 0.6) is 0 Å². The van der Waals surface area contributed by atoms with Gasteiger partial charge in [0.15, 0.2) is 0 Å². The fourth-order valence-electron chi connectivity index (χ4n) is 3.18. The molecule has 1 aliphatic rings. The first-order valence-electron chi connectivity index (χ1n) is 6.73. The Morgan fingerprint density at radius 1 is 1.53 bits per heavy atom. The third kappa shape index (κ3) is 2.65. The lowest BCUT2D eigenvalue weighted by molar-refractivity contribution is -0.0356. The van der Waals surface area contributed by atoms with Crippen LogP contribution < -0.4 is 11.3 Å². The first kappa shape index (κ1) is 14.8. The van der Waals surface area contributed by atoms with Gasteiger partial charge in [-0.3, -0.25) is 16.0 Å². The lowest BCUT2D eigenvalue weighted by Crippen LogP contribution is -2.54. The van der Waals surface area contributed by atoms with Gasteiger partial charge in [-0.15, -0.1) is 0 Å². The molecular formula is C13H23ClN4O. The summed E-state index contributed by atoms with van der Waals surface area (Å²) >= 11 is 6.30. The van der Waals surface area contributed by atoms with Crippen LogP contribution in [0.2, 0.25) is 5.15 Å². The van der Waals surface area contributed by atoms with Gasteiger partial charge in [0.25, 0.3) is 0 Å². The molecule has 1 heterocycles. The highest BCUT2D eigenvalue weighted by Crippen LogP contribution is 2.37. The fourth-order valence-corrected chi connectivity index (χ4v) is 3.43. The van der Waals surface area contributed by atoms with Crippen LogP contribution >= 0.6 is 11.6 Å². The lowest BCUT2D eigenvalue weighted by atomic mass is 9.88. The number of hydrogen-bond acceptors (Lipinski definition) is 4. The van der Waals surface area contributed by atoms with Crippen LogP contribution in [0.25, 0.3) is 0 Å². The predicted molar refractivity (Wildman–Crippen MR) is 76.0 cm³/mol. The van der Waals surface area contributed by atoms with E-state index in [4.69, 9.17) is 22.2 Å². The maximum atomic E-state index is 6.30. The molecule has 0 aromatic carbocycles. The number of aryl methyl sites for hydroxylation is 2. The van der Waals surface area contributed by atoms with Crippen molar-refractivity contribution in [2.45, 2.75) is 50.7 Å². The second-order valence-corrected chi connectivity index (χ2v) is 5.74. The van der Waals surface area contributed by atoms with Crippen LogP contribution in [0.3, 0.4) is 0 Å². The molecule has 1 saturated carbocycles. The molecule has 0 bridgehead atoms. The molecule has 19 heavy (non-hydrogen) atoms. The number of rotatable bonds is 5. The van der Waals surface area contributed by atoms with Gasteiger partial charge < -0.3 is 4.74 Å². The normalized spacial score (nSPS) is 19.8. The highest BCUT2D eigenvalue weighted by atomic mass is 35.5. The van der Waals surface area contributed by atoms with Crippen molar-refractivity contribution in [1.29, 1.82) is 0 Å². The zero-order chi connectivity index (χ0) is 14.0. The van der Waals surface area contributed by atoms with Crippen LogP contribution in [0.15, 0.2) is 0 Å². The van der Waals surface area contributed by atoms with Crippen LogP contribution in [0.4, 0.5) is 0 Å². The Morgan fingerprint density at radius 3 is 2.58 bits per heavy atom. The molecule has 0 saturated heterocycles. The first-order chi connectivity index (χ1) is 9.04. The zero-order valence-corrected chi connectivity index (χ0v) is 12.6. The number of nitrogens with zero attached hydrogens (tertiary/aromatic N) is 2. The average Bonchev–Trinajstić information content (AvgIpc) is 2.96. The summed E-state index contributed by atoms with van der Waals surface area (Å²) in [5.41, 5.74) is 4.75. The molecule has 0 radical (unpaired) electrons. The van der Waals surface area contributed by atoms with Gasteiger partial charge in [0.1, 0.15) is 5.15 Å². The number of nitrogens with two attached hydrogens (primary N) is 1. The number of methoxy groups -OCH3 is 1. The maximum absolute atomic E-state index is 6.30. The minimum absolute atomic E-state index is 0.0559. The van der Waals surface area contributed by atoms with Gasteiger partial charge in [0.2, 0.25) is 0 Å². The van der Waals surface area contributed by atoms with E-state index in [2.05, 4.69) is 10.5 Å². The summed E-state index contributed by atoms with van der Waals surface area (Å²) in [7, 11) is 3.62. The lowest BCUT2D eigenvalue weighted by Gasteiger charge is -2.36. The molecule has 1 unspecified atom stereocenters. The Labute approximate surface area is 119 Å². The summed E-state index contributed by atoms with van der Waals surface area (Å²) in [5.74, 6) is 5.77. The number of ether oxygens (including phenoxy) is 1. The van der Waals surface area contributed by atoms with Gasteiger partial charge in [-0.1, -0.05) is 24.4 Å². The Morgan fingerprint density at radius 2 is 2.16 bits per heavy atom. The summed E-state index contributed by atoms with van der Waals surface area (Å²) < 4.78 is 7.50. The number of halogens is 1. The minimum atomic E-state index is -0.180. The smallest absolute Gasteiger partial charge is 0.130 e. The van der Waals surface area contributed by atoms with Crippen LogP contribution in [-0.2, 0) is 18.2 Å². The summed E-state index contributed by atoms with van der Waals surface area (Å²) in [4.78, 5) is 0. The quantitative estimate of drug-likeness (QED) is 0.639. The molecule has 5 nitrogen and oxygen atoms in total. The summed E-state index contributed by atoms with van der Waals surface area (Å²) in [6.07, 6.45) is 5.19. The van der Waals surface area contributed by atoms with Crippen LogP contribution in [-0.4, -0.2) is 28.5 Å². The summed E-state index contributed by atoms with van der Waals surface area (Å²) in [6, 6.07) is 0.0559. The van der Waals surface area contributed by atoms with Crippen molar-refractivity contribution >= 4 is 11.6 Å². The Bertz CT molecular complexity index is 440. The number of aromatic nitrogens is 2. The van der Waals surface area contributed by atoms with E-state index in [0.29, 0.717) is 5.15 Å². The topological polar surface area (TPSA) is 65.1 Å². The van der Waals surface area contributed by atoms with Gasteiger partial charge in [0, 0.05) is 19.7 Å². The number of nitrogens with one attached hydrogen (secondary N) is 1. The summed E-state index contributed by atoms with van der Waals surface area (Å²) in [6.45, 7) is 1.98. The zero-order valence-electron chi connectivity index (χ0n) is 11.9. The van der Waals surface area contributed by atoms with Crippen molar-refractivity contribution in [3.8, 4) is 0 Å². The number of hydrogen-bond donors (Lipinski definition) is 2. The van der Waals surface area contributed by atoms with E-state index in [-0.39, 0.29) is 11.6 Å². The van der Waals surface area contributed by atoms with Crippen molar-refractivity contribution in [2.75, 3.05) is 7.11 Å². The molecule has 1 fully saturated rings. The Balaban J connectivity index is 2.23. The maximum Gasteiger partial charge on any atom is 0.130 e. The molecule has 1 aromatic heterocycles. The van der Waals surface area contributed by atoms with Crippen molar-refractivity contribution in [2.24, 2.45) is 12.9 Å². The monoisotopic (exact) mass is 286 g/mol. The van der Waals surface area contributed by atoms with E-state index < -0.39 is 0 Å². The van der Waals surface area contributed by atoms with E-state index in [9.17, 15) is 0 Å². The molecule has 108 valence electrons. The molecule has 3 N–H and O–H groups in total. The predicted octanol–water partition coefficient (Wildman–Crippen LogP) is 1.72. The molecule has 1 atom stereocenters. The second kappa shape index (κ2) is 5.79. The highest BCUT2D eigenvalue weighted by Gasteiger charge is 2.41. The van der Waals surface area contributed by atoms with Crippen LogP contribution in [0, 0.1) is 6.92 Å². The van der Waals surface area contributed by atoms with Crippen LogP contribution in [0.1, 0.15) is 36.9 Å². The fraction of sp³-hybridized carbons (Fsp3) is 0.769. The van der Waals surface area contributed by atoms with E-state index in [1.165, 1.54) is 12.8 Å². The third-order valence-electron chi connectivity index (χ3n) is 4.37. The molecule has 1 aliphatic carbocycles. The van der Waals surface area contributed by atoms with Gasteiger partial charge in [0.05, 0.1) is 17.3 Å². The molecule has 0 aliphatic heterocycles. The summed E-state index contributed by atoms with van der Waals surface area (Å²) in [5, 5.41) is 5.03. The molecule has 0 spiro atoms. The minimum Gasteiger partial charge on any atom is -0.377 e. The number of hydrazine groups is 1. The van der Waals surface area contributed by atoms with Gasteiger partial charge in [-0.2, -0.15) is 5.10 Å². The average molecular weight is 287 g/mol. The Kier molecular flexibility index (Phi) is 4.50. The molecular weight excluding hydrogens is 264 g/mol. The van der Waals surface area contributed by atoms with E-state index in [0.717, 1.165) is 30.5 Å². The Hall–Kier alpha value is -0.620. The van der Waals surface area contributed by atoms with Gasteiger partial charge in [-0.05, 0) is 26.2 Å². The molecule has 0 amide bonds. The van der Waals surface area contributed by atoms with Crippen molar-refractivity contribution < 1.29 is 4.74 Å². The third-order valence-corrected chi connectivity index (χ3v) is 4.84. The SMILES string of the molecule is COC1(C(Cc2c(C)nn(C)c2Cl)NN)CCCC1. The molecule has 6 heteroatoms. The van der Waals surface area contributed by atoms with Crippen molar-refractivity contribution in [1.82, 2.24) is 15.2 Å². The van der Waals surface area contributed by atoms with E-state index in [1.807, 2.05) is 14.0 Å². The second-order valence-electron chi connectivity index (χ2n) is 5.38. The molecule has 1 aromatic rings. The highest BCUT2D eigenvalue weighted by molar-refractivity contribution is 6.30. The standard InChI is InChI=1S/C13H23ClN4O/c1-9-10(12(14)18(2)17-9)8-11(16-15)13(19-3)6-4-5-7-13/h11,16H,4-8,15H2,1-3H3. The molecule has 2 rings (SSSR count). The van der Waals surface area contributed by atoms with E-state index in [1.54, 1.807) is 11.8 Å². The van der Waals surface area contributed by atoms with Gasteiger partial charge >= 0.3 is 0 Å².